The molecule has 5 heteroatoms. The van der Waals surface area contributed by atoms with Gasteiger partial charge in [0.2, 0.25) is 5.91 Å². The molecule has 4 N–H and O–H groups in total. The van der Waals surface area contributed by atoms with E-state index in [4.69, 9.17) is 10.5 Å². The Bertz CT molecular complexity index is 421. The number of unbranched alkanes of at least 4 members (excludes halogenated alkanes) is 1. The van der Waals surface area contributed by atoms with Gasteiger partial charge in [-0.2, -0.15) is 0 Å². The Balaban J connectivity index is 2.44. The number of hydrogen-bond donors (Lipinski definition) is 3. The fourth-order valence-electron chi connectivity index (χ4n) is 1.86. The molecular formula is C14H22N2O3. The number of methoxy groups -OCH3 is 1. The standard InChI is InChI=1S/C14H22N2O3/c1-10(16-8-4-3-5-14(15)18)12-9-11(19-2)6-7-13(12)17/h6-7,9-10,16-17H,3-5,8H2,1-2H3,(H2,15,18). The van der Waals surface area contributed by atoms with Crippen LogP contribution in [0.25, 0.3) is 0 Å². The van der Waals surface area contributed by atoms with Crippen molar-refractivity contribution in [3.63, 3.8) is 0 Å². The largest absolute Gasteiger partial charge is 0.508 e. The van der Waals surface area contributed by atoms with E-state index in [0.29, 0.717) is 6.42 Å². The van der Waals surface area contributed by atoms with E-state index in [9.17, 15) is 9.90 Å². The fourth-order valence-corrected chi connectivity index (χ4v) is 1.86. The molecule has 1 unspecified atom stereocenters. The molecule has 106 valence electrons. The van der Waals surface area contributed by atoms with Gasteiger partial charge >= 0.3 is 0 Å². The molecule has 0 aliphatic carbocycles. The average molecular weight is 266 g/mol. The summed E-state index contributed by atoms with van der Waals surface area (Å²) in [4.78, 5) is 10.6. The minimum absolute atomic E-state index is 0.0173. The minimum Gasteiger partial charge on any atom is -0.508 e. The molecule has 0 spiro atoms. The van der Waals surface area contributed by atoms with Gasteiger partial charge in [0.05, 0.1) is 7.11 Å². The molecule has 0 aliphatic rings. The van der Waals surface area contributed by atoms with Crippen molar-refractivity contribution in [1.82, 2.24) is 5.32 Å². The average Bonchev–Trinajstić information content (AvgIpc) is 2.38. The summed E-state index contributed by atoms with van der Waals surface area (Å²) in [6.07, 6.45) is 2.07. The number of benzene rings is 1. The maximum absolute atomic E-state index is 10.6. The number of rotatable bonds is 8. The van der Waals surface area contributed by atoms with Gasteiger partial charge in [0, 0.05) is 18.0 Å². The number of carbonyl (C=O) groups is 1. The van der Waals surface area contributed by atoms with E-state index >= 15 is 0 Å². The van der Waals surface area contributed by atoms with Gasteiger partial charge in [-0.15, -0.1) is 0 Å². The third-order valence-electron chi connectivity index (χ3n) is 3.00. The zero-order chi connectivity index (χ0) is 14.3. The van der Waals surface area contributed by atoms with E-state index in [0.717, 1.165) is 30.7 Å². The van der Waals surface area contributed by atoms with E-state index in [1.54, 1.807) is 19.2 Å². The lowest BCUT2D eigenvalue weighted by Crippen LogP contribution is -2.20. The van der Waals surface area contributed by atoms with Crippen LogP contribution < -0.4 is 15.8 Å². The summed E-state index contributed by atoms with van der Waals surface area (Å²) in [5.74, 6) is 0.701. The highest BCUT2D eigenvalue weighted by Crippen LogP contribution is 2.28. The molecule has 0 saturated heterocycles. The number of ether oxygens (including phenoxy) is 1. The summed E-state index contributed by atoms with van der Waals surface area (Å²) in [5.41, 5.74) is 5.87. The Kier molecular flexibility index (Phi) is 6.15. The lowest BCUT2D eigenvalue weighted by molar-refractivity contribution is -0.118. The molecule has 0 aromatic heterocycles. The highest BCUT2D eigenvalue weighted by molar-refractivity contribution is 5.73. The van der Waals surface area contributed by atoms with Gasteiger partial charge in [-0.25, -0.2) is 0 Å². The summed E-state index contributed by atoms with van der Waals surface area (Å²) in [6.45, 7) is 2.74. The summed E-state index contributed by atoms with van der Waals surface area (Å²) >= 11 is 0. The summed E-state index contributed by atoms with van der Waals surface area (Å²) < 4.78 is 5.14. The van der Waals surface area contributed by atoms with Crippen LogP contribution in [0.3, 0.4) is 0 Å². The second-order valence-corrected chi connectivity index (χ2v) is 4.52. The number of carbonyl (C=O) groups excluding carboxylic acids is 1. The van der Waals surface area contributed by atoms with E-state index in [1.165, 1.54) is 0 Å². The van der Waals surface area contributed by atoms with Crippen molar-refractivity contribution in [1.29, 1.82) is 0 Å². The van der Waals surface area contributed by atoms with Crippen molar-refractivity contribution in [2.45, 2.75) is 32.2 Å². The van der Waals surface area contributed by atoms with Crippen LogP contribution in [0.15, 0.2) is 18.2 Å². The molecule has 0 radical (unpaired) electrons. The molecule has 0 aliphatic heterocycles. The maximum atomic E-state index is 10.6. The molecule has 1 rings (SSSR count). The van der Waals surface area contributed by atoms with Crippen LogP contribution >= 0.6 is 0 Å². The first kappa shape index (κ1) is 15.3. The van der Waals surface area contributed by atoms with Crippen LogP contribution in [0.5, 0.6) is 11.5 Å². The fraction of sp³-hybridized carbons (Fsp3) is 0.500. The van der Waals surface area contributed by atoms with Crippen LogP contribution in [0.2, 0.25) is 0 Å². The number of phenolic OH excluding ortho intramolecular Hbond substituents is 1. The topological polar surface area (TPSA) is 84.6 Å². The van der Waals surface area contributed by atoms with Gasteiger partial charge in [0.1, 0.15) is 11.5 Å². The first-order valence-electron chi connectivity index (χ1n) is 6.43. The predicted molar refractivity (Wildman–Crippen MR) is 74.1 cm³/mol. The summed E-state index contributed by atoms with van der Waals surface area (Å²) in [6, 6.07) is 5.18. The lowest BCUT2D eigenvalue weighted by Gasteiger charge is -2.16. The molecule has 0 bridgehead atoms. The number of primary amides is 1. The minimum atomic E-state index is -0.265. The number of nitrogens with one attached hydrogen (secondary N) is 1. The van der Waals surface area contributed by atoms with Crippen molar-refractivity contribution in [3.8, 4) is 11.5 Å². The number of phenols is 1. The predicted octanol–water partition coefficient (Wildman–Crippen LogP) is 1.71. The van der Waals surface area contributed by atoms with Gasteiger partial charge in [-0.05, 0) is 44.5 Å². The molecule has 1 atom stereocenters. The van der Waals surface area contributed by atoms with Gasteiger partial charge in [0.25, 0.3) is 0 Å². The first-order chi connectivity index (χ1) is 9.04. The maximum Gasteiger partial charge on any atom is 0.217 e. The molecule has 0 fully saturated rings. The SMILES string of the molecule is COc1ccc(O)c(C(C)NCCCCC(N)=O)c1. The Morgan fingerprint density at radius 2 is 2.21 bits per heavy atom. The normalized spacial score (nSPS) is 12.1. The molecule has 1 amide bonds. The molecular weight excluding hydrogens is 244 g/mol. The second kappa shape index (κ2) is 7.63. The molecule has 1 aromatic rings. The smallest absolute Gasteiger partial charge is 0.217 e. The second-order valence-electron chi connectivity index (χ2n) is 4.52. The van der Waals surface area contributed by atoms with Crippen LogP contribution in [-0.4, -0.2) is 24.7 Å². The molecule has 0 saturated carbocycles. The zero-order valence-electron chi connectivity index (χ0n) is 11.5. The Morgan fingerprint density at radius 3 is 2.84 bits per heavy atom. The van der Waals surface area contributed by atoms with E-state index in [1.807, 2.05) is 13.0 Å². The lowest BCUT2D eigenvalue weighted by atomic mass is 10.1. The van der Waals surface area contributed by atoms with Crippen molar-refractivity contribution >= 4 is 5.91 Å². The van der Waals surface area contributed by atoms with Crippen molar-refractivity contribution < 1.29 is 14.6 Å². The first-order valence-corrected chi connectivity index (χ1v) is 6.43. The number of hydrogen-bond acceptors (Lipinski definition) is 4. The van der Waals surface area contributed by atoms with Gasteiger partial charge in [-0.3, -0.25) is 4.79 Å². The van der Waals surface area contributed by atoms with E-state index < -0.39 is 0 Å². The Morgan fingerprint density at radius 1 is 1.47 bits per heavy atom. The number of amides is 1. The van der Waals surface area contributed by atoms with Gasteiger partial charge in [0.15, 0.2) is 0 Å². The Hall–Kier alpha value is -1.75. The van der Waals surface area contributed by atoms with Crippen molar-refractivity contribution in [2.75, 3.05) is 13.7 Å². The summed E-state index contributed by atoms with van der Waals surface area (Å²) in [7, 11) is 1.60. The quantitative estimate of drug-likeness (QED) is 0.625. The third kappa shape index (κ3) is 5.18. The summed E-state index contributed by atoms with van der Waals surface area (Å²) in [5, 5.41) is 13.1. The third-order valence-corrected chi connectivity index (χ3v) is 3.00. The number of aromatic hydroxyl groups is 1. The highest BCUT2D eigenvalue weighted by Gasteiger charge is 2.10. The van der Waals surface area contributed by atoms with Gasteiger partial charge in [-0.1, -0.05) is 0 Å². The highest BCUT2D eigenvalue weighted by atomic mass is 16.5. The number of nitrogens with two attached hydrogens (primary N) is 1. The zero-order valence-corrected chi connectivity index (χ0v) is 11.5. The van der Waals surface area contributed by atoms with Gasteiger partial charge < -0.3 is 20.9 Å². The molecule has 5 nitrogen and oxygen atoms in total. The van der Waals surface area contributed by atoms with Crippen LogP contribution in [0.1, 0.15) is 37.8 Å². The van der Waals surface area contributed by atoms with E-state index in [-0.39, 0.29) is 17.7 Å². The van der Waals surface area contributed by atoms with E-state index in [2.05, 4.69) is 5.32 Å². The van der Waals surface area contributed by atoms with Crippen LogP contribution in [0, 0.1) is 0 Å². The Labute approximate surface area is 113 Å². The monoisotopic (exact) mass is 266 g/mol. The van der Waals surface area contributed by atoms with Crippen LogP contribution in [-0.2, 0) is 4.79 Å². The van der Waals surface area contributed by atoms with Crippen molar-refractivity contribution in [2.24, 2.45) is 5.73 Å². The van der Waals surface area contributed by atoms with Crippen LogP contribution in [0.4, 0.5) is 0 Å². The molecule has 19 heavy (non-hydrogen) atoms. The van der Waals surface area contributed by atoms with Crippen molar-refractivity contribution in [3.05, 3.63) is 23.8 Å². The molecule has 1 aromatic carbocycles. The molecule has 0 heterocycles.